The van der Waals surface area contributed by atoms with Crippen LogP contribution in [0.4, 0.5) is 0 Å². The van der Waals surface area contributed by atoms with Crippen LogP contribution in [0, 0.1) is 56.7 Å². The third-order valence-corrected chi connectivity index (χ3v) is 19.4. The van der Waals surface area contributed by atoms with Crippen molar-refractivity contribution < 1.29 is 18.3 Å². The highest BCUT2D eigenvalue weighted by Crippen LogP contribution is 2.78. The molecule has 7 aliphatic rings. The van der Waals surface area contributed by atoms with E-state index in [4.69, 9.17) is 0 Å². The van der Waals surface area contributed by atoms with Crippen LogP contribution in [-0.2, 0) is 10.0 Å². The van der Waals surface area contributed by atoms with Gasteiger partial charge in [-0.25, -0.2) is 13.2 Å². The standard InChI is InChI=1S/C44H67N3O4S/c1-39(2)32(30-8-10-31(11-9-30)38(48)49)14-17-41(4)35(39)16-18-43(6)36(41)13-12-34-37-33(40(3)20-21-40)15-19-44(37,23-22-42(34,43)5)45-24-25-46-26-28-47(29-27-46)52(7,50)51/h8-11,14,33-37,45H,12-13,15-29H2,1-7H3,(H,48,49)/t33-,34-,35+,36-,37-,41+,42-,43-,44+/m1/s1. The Balaban J connectivity index is 1.04. The number of allylic oxidation sites excluding steroid dienone is 2. The molecule has 1 aromatic carbocycles. The summed E-state index contributed by atoms with van der Waals surface area (Å²) in [5.74, 6) is 2.77. The molecule has 2 N–H and O–H groups in total. The van der Waals surface area contributed by atoms with Crippen molar-refractivity contribution in [3.05, 3.63) is 41.5 Å². The van der Waals surface area contributed by atoms with E-state index >= 15 is 0 Å². The molecule has 0 spiro atoms. The molecule has 9 atom stereocenters. The number of carbonyl (C=O) groups is 1. The second-order valence-corrected chi connectivity index (χ2v) is 22.5. The summed E-state index contributed by atoms with van der Waals surface area (Å²) in [5, 5.41) is 13.8. The molecule has 0 unspecified atom stereocenters. The zero-order valence-electron chi connectivity index (χ0n) is 33.3. The normalized spacial score (nSPS) is 42.7. The Morgan fingerprint density at radius 3 is 2.13 bits per heavy atom. The minimum atomic E-state index is -3.11. The van der Waals surface area contributed by atoms with Crippen LogP contribution in [0.1, 0.15) is 128 Å². The van der Waals surface area contributed by atoms with Crippen LogP contribution in [-0.4, -0.2) is 79.8 Å². The molecule has 1 saturated heterocycles. The summed E-state index contributed by atoms with van der Waals surface area (Å²) < 4.78 is 25.8. The third-order valence-electron chi connectivity index (χ3n) is 18.1. The predicted octanol–water partition coefficient (Wildman–Crippen LogP) is 8.18. The number of aromatic carboxylic acids is 1. The Hall–Kier alpha value is -1.74. The van der Waals surface area contributed by atoms with E-state index < -0.39 is 16.0 Å². The van der Waals surface area contributed by atoms with Gasteiger partial charge in [-0.3, -0.25) is 4.90 Å². The summed E-state index contributed by atoms with van der Waals surface area (Å²) in [6, 6.07) is 7.64. The molecular formula is C44H67N3O4S. The van der Waals surface area contributed by atoms with Crippen molar-refractivity contribution in [1.82, 2.24) is 14.5 Å². The molecule has 0 radical (unpaired) electrons. The number of hydrogen-bond acceptors (Lipinski definition) is 5. The van der Waals surface area contributed by atoms with Crippen LogP contribution in [0.2, 0.25) is 0 Å². The number of carboxylic acid groups (broad SMARTS) is 1. The first kappa shape index (κ1) is 37.2. The van der Waals surface area contributed by atoms with Gasteiger partial charge in [0.1, 0.15) is 0 Å². The Kier molecular flexibility index (Phi) is 8.86. The van der Waals surface area contributed by atoms with Crippen molar-refractivity contribution in [2.45, 2.75) is 118 Å². The van der Waals surface area contributed by atoms with Crippen LogP contribution in [0.15, 0.2) is 30.3 Å². The lowest BCUT2D eigenvalue weighted by Crippen LogP contribution is -2.68. The highest BCUT2D eigenvalue weighted by atomic mass is 32.2. The van der Waals surface area contributed by atoms with Crippen molar-refractivity contribution in [3.8, 4) is 0 Å². The Bertz CT molecular complexity index is 1710. The van der Waals surface area contributed by atoms with E-state index in [1.54, 1.807) is 16.4 Å². The number of benzene rings is 1. The van der Waals surface area contributed by atoms with Crippen molar-refractivity contribution in [3.63, 3.8) is 0 Å². The van der Waals surface area contributed by atoms with Gasteiger partial charge >= 0.3 is 5.97 Å². The van der Waals surface area contributed by atoms with Gasteiger partial charge in [0.15, 0.2) is 0 Å². The molecule has 1 heterocycles. The number of carboxylic acids is 1. The molecule has 5 saturated carbocycles. The van der Waals surface area contributed by atoms with Crippen molar-refractivity contribution >= 4 is 21.6 Å². The Morgan fingerprint density at radius 2 is 1.50 bits per heavy atom. The van der Waals surface area contributed by atoms with E-state index in [9.17, 15) is 18.3 Å². The SMILES string of the molecule is CC1([C@@H]2CC[C@]3(NCCN4CCN(S(C)(=O)=O)CC4)CC[C@]4(C)[C@H](CC[C@@H]5[C@@]6(C)CC=C(c7ccc(C(=O)O)cc7)C(C)(C)[C@@H]6CC[C@]54C)[C@@H]23)CC1. The molecule has 7 nitrogen and oxygen atoms in total. The maximum absolute atomic E-state index is 12.1. The number of nitrogens with zero attached hydrogens (tertiary/aromatic N) is 2. The summed E-state index contributed by atoms with van der Waals surface area (Å²) in [6.07, 6.45) is 18.4. The van der Waals surface area contributed by atoms with Gasteiger partial charge in [0, 0.05) is 44.8 Å². The van der Waals surface area contributed by atoms with E-state index in [2.05, 4.69) is 57.8 Å². The quantitative estimate of drug-likeness (QED) is 0.280. The highest BCUT2D eigenvalue weighted by Gasteiger charge is 2.72. The monoisotopic (exact) mass is 733 g/mol. The molecule has 8 rings (SSSR count). The molecule has 288 valence electrons. The molecule has 0 amide bonds. The fraction of sp³-hybridized carbons (Fsp3) is 0.795. The van der Waals surface area contributed by atoms with Gasteiger partial charge < -0.3 is 10.4 Å². The number of rotatable bonds is 8. The lowest BCUT2D eigenvalue weighted by Gasteiger charge is -2.72. The van der Waals surface area contributed by atoms with Crippen LogP contribution in [0.25, 0.3) is 5.57 Å². The first-order valence-electron chi connectivity index (χ1n) is 20.9. The number of sulfonamides is 1. The fourth-order valence-corrected chi connectivity index (χ4v) is 15.7. The molecule has 1 aromatic rings. The second-order valence-electron chi connectivity index (χ2n) is 20.5. The van der Waals surface area contributed by atoms with Gasteiger partial charge in [0.05, 0.1) is 11.8 Å². The molecule has 6 aliphatic carbocycles. The molecule has 0 aromatic heterocycles. The lowest BCUT2D eigenvalue weighted by atomic mass is 9.32. The van der Waals surface area contributed by atoms with Crippen LogP contribution in [0.3, 0.4) is 0 Å². The van der Waals surface area contributed by atoms with Gasteiger partial charge in [0.25, 0.3) is 0 Å². The number of fused-ring (bicyclic) bond motifs is 7. The van der Waals surface area contributed by atoms with Crippen LogP contribution >= 0.6 is 0 Å². The average Bonchev–Trinajstić information content (AvgIpc) is 3.71. The molecule has 1 aliphatic heterocycles. The minimum absolute atomic E-state index is 0.0248. The zero-order chi connectivity index (χ0) is 37.1. The number of hydrogen-bond donors (Lipinski definition) is 2. The van der Waals surface area contributed by atoms with Crippen molar-refractivity contribution in [2.24, 2.45) is 56.7 Å². The first-order chi connectivity index (χ1) is 24.4. The van der Waals surface area contributed by atoms with Crippen LogP contribution in [0.5, 0.6) is 0 Å². The summed E-state index contributed by atoms with van der Waals surface area (Å²) in [7, 11) is -3.11. The minimum Gasteiger partial charge on any atom is -0.478 e. The predicted molar refractivity (Wildman–Crippen MR) is 209 cm³/mol. The fourth-order valence-electron chi connectivity index (χ4n) is 14.9. The zero-order valence-corrected chi connectivity index (χ0v) is 34.1. The summed E-state index contributed by atoms with van der Waals surface area (Å²) in [5.41, 5.74) is 4.63. The van der Waals surface area contributed by atoms with Gasteiger partial charge in [-0.1, -0.05) is 59.8 Å². The van der Waals surface area contributed by atoms with Crippen LogP contribution < -0.4 is 5.32 Å². The van der Waals surface area contributed by atoms with E-state index in [0.717, 1.165) is 50.4 Å². The van der Waals surface area contributed by atoms with Crippen molar-refractivity contribution in [1.29, 1.82) is 0 Å². The van der Waals surface area contributed by atoms with Gasteiger partial charge in [-0.05, 0) is 151 Å². The highest BCUT2D eigenvalue weighted by molar-refractivity contribution is 7.88. The smallest absolute Gasteiger partial charge is 0.335 e. The summed E-state index contributed by atoms with van der Waals surface area (Å²) >= 11 is 0. The summed E-state index contributed by atoms with van der Waals surface area (Å²) in [4.78, 5) is 14.1. The van der Waals surface area contributed by atoms with E-state index in [-0.39, 0.29) is 16.4 Å². The van der Waals surface area contributed by atoms with E-state index in [1.807, 2.05) is 12.1 Å². The number of piperazine rings is 1. The summed E-state index contributed by atoms with van der Waals surface area (Å²) in [6.45, 7) is 20.7. The van der Waals surface area contributed by atoms with E-state index in [0.29, 0.717) is 46.7 Å². The van der Waals surface area contributed by atoms with Gasteiger partial charge in [-0.2, -0.15) is 4.31 Å². The molecule has 8 heteroatoms. The topological polar surface area (TPSA) is 90.0 Å². The number of nitrogens with one attached hydrogen (secondary N) is 1. The third kappa shape index (κ3) is 5.56. The van der Waals surface area contributed by atoms with Gasteiger partial charge in [0.2, 0.25) is 10.0 Å². The average molecular weight is 734 g/mol. The Morgan fingerprint density at radius 1 is 0.808 bits per heavy atom. The Labute approximate surface area is 314 Å². The second kappa shape index (κ2) is 12.4. The first-order valence-corrected chi connectivity index (χ1v) is 22.7. The van der Waals surface area contributed by atoms with Gasteiger partial charge in [-0.15, -0.1) is 0 Å². The molecular weight excluding hydrogens is 667 g/mol. The van der Waals surface area contributed by atoms with Crippen molar-refractivity contribution in [2.75, 3.05) is 45.5 Å². The molecule has 6 fully saturated rings. The molecule has 0 bridgehead atoms. The lowest BCUT2D eigenvalue weighted by molar-refractivity contribution is -0.222. The van der Waals surface area contributed by atoms with E-state index in [1.165, 1.54) is 81.6 Å². The maximum atomic E-state index is 12.1. The largest absolute Gasteiger partial charge is 0.478 e. The molecule has 52 heavy (non-hydrogen) atoms. The maximum Gasteiger partial charge on any atom is 0.335 e.